The minimum atomic E-state index is -0.395. The Kier molecular flexibility index (Phi) is 4.74. The Hall–Kier alpha value is -2.17. The SMILES string of the molecule is C=Cc1cccc(F)c1O[C@H]1c2ccccc2CO[C@H]1CNC. The lowest BCUT2D eigenvalue weighted by atomic mass is 9.95. The van der Waals surface area contributed by atoms with Crippen LogP contribution in [0.5, 0.6) is 5.75 Å². The summed E-state index contributed by atoms with van der Waals surface area (Å²) < 4.78 is 26.2. The number of para-hydroxylation sites is 1. The summed E-state index contributed by atoms with van der Waals surface area (Å²) in [7, 11) is 1.86. The van der Waals surface area contributed by atoms with Gasteiger partial charge >= 0.3 is 0 Å². The van der Waals surface area contributed by atoms with Crippen LogP contribution >= 0.6 is 0 Å². The van der Waals surface area contributed by atoms with E-state index in [0.29, 0.717) is 18.7 Å². The summed E-state index contributed by atoms with van der Waals surface area (Å²) in [5.41, 5.74) is 2.75. The molecule has 1 aliphatic rings. The Morgan fingerprint density at radius 1 is 1.30 bits per heavy atom. The molecule has 23 heavy (non-hydrogen) atoms. The van der Waals surface area contributed by atoms with Gasteiger partial charge in [-0.25, -0.2) is 4.39 Å². The van der Waals surface area contributed by atoms with Crippen LogP contribution in [0.15, 0.2) is 49.0 Å². The fourth-order valence-electron chi connectivity index (χ4n) is 2.87. The first-order chi connectivity index (χ1) is 11.2. The topological polar surface area (TPSA) is 30.5 Å². The second kappa shape index (κ2) is 6.94. The maximum absolute atomic E-state index is 14.3. The first-order valence-corrected chi connectivity index (χ1v) is 7.66. The van der Waals surface area contributed by atoms with Crippen molar-refractivity contribution in [2.75, 3.05) is 13.6 Å². The minimum Gasteiger partial charge on any atom is -0.479 e. The van der Waals surface area contributed by atoms with Gasteiger partial charge in [-0.2, -0.15) is 0 Å². The largest absolute Gasteiger partial charge is 0.479 e. The van der Waals surface area contributed by atoms with E-state index in [1.807, 2.05) is 31.3 Å². The van der Waals surface area contributed by atoms with Crippen molar-refractivity contribution < 1.29 is 13.9 Å². The Morgan fingerprint density at radius 2 is 2.13 bits per heavy atom. The number of ether oxygens (including phenoxy) is 2. The zero-order valence-corrected chi connectivity index (χ0v) is 13.1. The molecule has 1 aliphatic heterocycles. The third-order valence-electron chi connectivity index (χ3n) is 4.02. The van der Waals surface area contributed by atoms with Gasteiger partial charge < -0.3 is 14.8 Å². The number of halogens is 1. The van der Waals surface area contributed by atoms with Crippen LogP contribution < -0.4 is 10.1 Å². The summed E-state index contributed by atoms with van der Waals surface area (Å²) in [4.78, 5) is 0. The maximum atomic E-state index is 14.3. The molecule has 0 unspecified atom stereocenters. The van der Waals surface area contributed by atoms with E-state index in [4.69, 9.17) is 9.47 Å². The molecule has 120 valence electrons. The van der Waals surface area contributed by atoms with Crippen LogP contribution in [0.2, 0.25) is 0 Å². The second-order valence-corrected chi connectivity index (χ2v) is 5.51. The molecule has 0 radical (unpaired) electrons. The molecule has 2 aromatic carbocycles. The van der Waals surface area contributed by atoms with E-state index in [9.17, 15) is 4.39 Å². The zero-order valence-electron chi connectivity index (χ0n) is 13.1. The molecule has 0 saturated carbocycles. The summed E-state index contributed by atoms with van der Waals surface area (Å²) in [5, 5.41) is 3.11. The lowest BCUT2D eigenvalue weighted by molar-refractivity contribution is -0.0507. The quantitative estimate of drug-likeness (QED) is 0.913. The molecule has 2 atom stereocenters. The molecular weight excluding hydrogens is 293 g/mol. The summed E-state index contributed by atoms with van der Waals surface area (Å²) in [6.07, 6.45) is 1.04. The molecule has 0 spiro atoms. The van der Waals surface area contributed by atoms with Crippen LogP contribution in [0, 0.1) is 5.82 Å². The normalized spacial score (nSPS) is 19.9. The van der Waals surface area contributed by atoms with E-state index in [2.05, 4.69) is 11.9 Å². The van der Waals surface area contributed by atoms with Crippen LogP contribution in [0.4, 0.5) is 4.39 Å². The monoisotopic (exact) mass is 313 g/mol. The number of fused-ring (bicyclic) bond motifs is 1. The maximum Gasteiger partial charge on any atom is 0.165 e. The van der Waals surface area contributed by atoms with E-state index in [1.165, 1.54) is 6.07 Å². The van der Waals surface area contributed by atoms with Crippen LogP contribution in [-0.2, 0) is 11.3 Å². The summed E-state index contributed by atoms with van der Waals surface area (Å²) >= 11 is 0. The van der Waals surface area contributed by atoms with Gasteiger partial charge in [0.25, 0.3) is 0 Å². The molecular formula is C19H20FNO2. The van der Waals surface area contributed by atoms with Crippen LogP contribution in [0.3, 0.4) is 0 Å². The number of rotatable bonds is 5. The molecule has 1 heterocycles. The van der Waals surface area contributed by atoms with Crippen molar-refractivity contribution in [3.8, 4) is 5.75 Å². The van der Waals surface area contributed by atoms with Gasteiger partial charge in [0, 0.05) is 17.7 Å². The highest BCUT2D eigenvalue weighted by molar-refractivity contribution is 5.56. The van der Waals surface area contributed by atoms with E-state index >= 15 is 0 Å². The molecule has 3 nitrogen and oxygen atoms in total. The number of nitrogens with one attached hydrogen (secondary N) is 1. The number of hydrogen-bond acceptors (Lipinski definition) is 3. The fourth-order valence-corrected chi connectivity index (χ4v) is 2.87. The fraction of sp³-hybridized carbons (Fsp3) is 0.263. The van der Waals surface area contributed by atoms with E-state index in [-0.39, 0.29) is 18.0 Å². The highest BCUT2D eigenvalue weighted by Crippen LogP contribution is 2.36. The van der Waals surface area contributed by atoms with Gasteiger partial charge in [-0.15, -0.1) is 0 Å². The highest BCUT2D eigenvalue weighted by Gasteiger charge is 2.32. The highest BCUT2D eigenvalue weighted by atomic mass is 19.1. The van der Waals surface area contributed by atoms with Gasteiger partial charge in [-0.3, -0.25) is 0 Å². The third kappa shape index (κ3) is 3.14. The standard InChI is InChI=1S/C19H20FNO2/c1-3-13-8-6-10-16(20)18(13)23-19-15-9-5-4-7-14(15)12-22-17(19)11-21-2/h3-10,17,19,21H,1,11-12H2,2H3/t17-,19-/m0/s1. The van der Waals surface area contributed by atoms with Gasteiger partial charge in [0.2, 0.25) is 0 Å². The zero-order chi connectivity index (χ0) is 16.2. The van der Waals surface area contributed by atoms with Crippen molar-refractivity contribution in [1.82, 2.24) is 5.32 Å². The van der Waals surface area contributed by atoms with E-state index < -0.39 is 5.82 Å². The van der Waals surface area contributed by atoms with Crippen molar-refractivity contribution in [3.63, 3.8) is 0 Å². The van der Waals surface area contributed by atoms with Crippen molar-refractivity contribution in [1.29, 1.82) is 0 Å². The predicted octanol–water partition coefficient (Wildman–Crippen LogP) is 3.71. The Balaban J connectivity index is 2.00. The van der Waals surface area contributed by atoms with Crippen molar-refractivity contribution >= 4 is 6.08 Å². The molecule has 0 amide bonds. The summed E-state index contributed by atoms with van der Waals surface area (Å²) in [6, 6.07) is 12.8. The van der Waals surface area contributed by atoms with Crippen LogP contribution in [-0.4, -0.2) is 19.7 Å². The average Bonchev–Trinajstić information content (AvgIpc) is 2.58. The van der Waals surface area contributed by atoms with Gasteiger partial charge in [-0.1, -0.05) is 49.1 Å². The molecule has 0 fully saturated rings. The van der Waals surface area contributed by atoms with Gasteiger partial charge in [0.05, 0.1) is 6.61 Å². The smallest absolute Gasteiger partial charge is 0.165 e. The lowest BCUT2D eigenvalue weighted by Gasteiger charge is -2.34. The Morgan fingerprint density at radius 3 is 2.91 bits per heavy atom. The summed E-state index contributed by atoms with van der Waals surface area (Å²) in [6.45, 7) is 4.89. The molecule has 1 N–H and O–H groups in total. The predicted molar refractivity (Wildman–Crippen MR) is 88.8 cm³/mol. The number of likely N-dealkylation sites (N-methyl/N-ethyl adjacent to an activating group) is 1. The molecule has 0 aliphatic carbocycles. The molecule has 3 rings (SSSR count). The first kappa shape index (κ1) is 15.7. The van der Waals surface area contributed by atoms with Crippen LogP contribution in [0.25, 0.3) is 6.08 Å². The van der Waals surface area contributed by atoms with Crippen molar-refractivity contribution in [3.05, 3.63) is 71.6 Å². The van der Waals surface area contributed by atoms with Crippen molar-refractivity contribution in [2.45, 2.75) is 18.8 Å². The van der Waals surface area contributed by atoms with Crippen LogP contribution in [0.1, 0.15) is 22.8 Å². The third-order valence-corrected chi connectivity index (χ3v) is 4.02. The van der Waals surface area contributed by atoms with Crippen molar-refractivity contribution in [2.24, 2.45) is 0 Å². The summed E-state index contributed by atoms with van der Waals surface area (Å²) in [5.74, 6) is -0.178. The molecule has 0 aromatic heterocycles. The number of hydrogen-bond donors (Lipinski definition) is 1. The van der Waals surface area contributed by atoms with Gasteiger partial charge in [0.15, 0.2) is 17.7 Å². The molecule has 4 heteroatoms. The van der Waals surface area contributed by atoms with Gasteiger partial charge in [-0.05, 0) is 18.7 Å². The minimum absolute atomic E-state index is 0.188. The van der Waals surface area contributed by atoms with E-state index in [1.54, 1.807) is 18.2 Å². The Labute approximate surface area is 135 Å². The van der Waals surface area contributed by atoms with E-state index in [0.717, 1.165) is 11.1 Å². The number of benzene rings is 2. The first-order valence-electron chi connectivity index (χ1n) is 7.66. The molecule has 0 saturated heterocycles. The molecule has 2 aromatic rings. The second-order valence-electron chi connectivity index (χ2n) is 5.51. The lowest BCUT2D eigenvalue weighted by Crippen LogP contribution is -2.38. The van der Waals surface area contributed by atoms with Gasteiger partial charge in [0.1, 0.15) is 6.10 Å². The average molecular weight is 313 g/mol. The molecule has 0 bridgehead atoms. The Bertz CT molecular complexity index is 702.